The number of hydrogen-bond donors (Lipinski definition) is 0. The van der Waals surface area contributed by atoms with Gasteiger partial charge >= 0.3 is 0 Å². The zero-order chi connectivity index (χ0) is 20.3. The highest BCUT2D eigenvalue weighted by molar-refractivity contribution is 5.31. The second kappa shape index (κ2) is 12.5. The first-order chi connectivity index (χ1) is 14.3. The van der Waals surface area contributed by atoms with Gasteiger partial charge in [-0.05, 0) is 73.6 Å². The van der Waals surface area contributed by atoms with Gasteiger partial charge in [0.15, 0.2) is 0 Å². The third-order valence-corrected chi connectivity index (χ3v) is 7.54. The molecule has 1 aromatic carbocycles. The molecule has 164 valence electrons. The summed E-state index contributed by atoms with van der Waals surface area (Å²) in [5, 5.41) is 0. The standard InChI is InChI=1S/C27H44O2/c1-3-6-23-12-14-25(15-13-23)21-29-27-18-16-26(17-19-27)28-20-5-7-24-10-8-22(4-2)9-11-24/h16-19,22-25H,3-15,20-21H2,1-2H3/t22-,23-,24-,25-. The van der Waals surface area contributed by atoms with Crippen LogP contribution in [0.3, 0.4) is 0 Å². The van der Waals surface area contributed by atoms with Crippen LogP contribution in [-0.4, -0.2) is 13.2 Å². The molecular weight excluding hydrogens is 356 g/mol. The van der Waals surface area contributed by atoms with E-state index in [-0.39, 0.29) is 0 Å². The normalized spacial score (nSPS) is 27.5. The molecule has 0 amide bonds. The molecule has 0 unspecified atom stereocenters. The van der Waals surface area contributed by atoms with E-state index in [9.17, 15) is 0 Å². The smallest absolute Gasteiger partial charge is 0.119 e. The van der Waals surface area contributed by atoms with Gasteiger partial charge in [-0.15, -0.1) is 0 Å². The van der Waals surface area contributed by atoms with Crippen molar-refractivity contribution in [2.45, 2.75) is 97.3 Å². The van der Waals surface area contributed by atoms with Crippen molar-refractivity contribution < 1.29 is 9.47 Å². The SMILES string of the molecule is CCC[C@H]1CC[C@H](COc2ccc(OCCC[C@H]3CC[C@H](CC)CC3)cc2)CC1. The molecule has 0 aliphatic heterocycles. The summed E-state index contributed by atoms with van der Waals surface area (Å²) in [4.78, 5) is 0. The Hall–Kier alpha value is -1.18. The minimum atomic E-state index is 0.742. The molecule has 0 N–H and O–H groups in total. The highest BCUT2D eigenvalue weighted by Gasteiger charge is 2.21. The van der Waals surface area contributed by atoms with E-state index < -0.39 is 0 Å². The maximum Gasteiger partial charge on any atom is 0.119 e. The van der Waals surface area contributed by atoms with Gasteiger partial charge in [0.2, 0.25) is 0 Å². The average molecular weight is 401 g/mol. The Balaban J connectivity index is 1.26. The van der Waals surface area contributed by atoms with Crippen molar-refractivity contribution in [1.82, 2.24) is 0 Å². The molecule has 2 heteroatoms. The average Bonchev–Trinajstić information content (AvgIpc) is 2.78. The summed E-state index contributed by atoms with van der Waals surface area (Å²) in [5.41, 5.74) is 0. The Morgan fingerprint density at radius 2 is 1.17 bits per heavy atom. The van der Waals surface area contributed by atoms with Crippen LogP contribution < -0.4 is 9.47 Å². The Labute approximate surface area is 179 Å². The molecule has 0 atom stereocenters. The van der Waals surface area contributed by atoms with E-state index in [1.165, 1.54) is 83.5 Å². The predicted molar refractivity (Wildman–Crippen MR) is 123 cm³/mol. The van der Waals surface area contributed by atoms with E-state index in [0.29, 0.717) is 0 Å². The maximum absolute atomic E-state index is 6.06. The number of benzene rings is 1. The minimum Gasteiger partial charge on any atom is -0.494 e. The molecule has 0 saturated heterocycles. The van der Waals surface area contributed by atoms with Crippen LogP contribution >= 0.6 is 0 Å². The quantitative estimate of drug-likeness (QED) is 0.350. The Morgan fingerprint density at radius 1 is 0.655 bits per heavy atom. The molecule has 2 nitrogen and oxygen atoms in total. The van der Waals surface area contributed by atoms with Crippen LogP contribution in [0, 0.1) is 23.7 Å². The van der Waals surface area contributed by atoms with Crippen LogP contribution in [0.1, 0.15) is 97.3 Å². The summed E-state index contributed by atoms with van der Waals surface area (Å²) in [5.74, 6) is 5.62. The van der Waals surface area contributed by atoms with Gasteiger partial charge < -0.3 is 9.47 Å². The van der Waals surface area contributed by atoms with Crippen LogP contribution in [0.15, 0.2) is 24.3 Å². The fourth-order valence-corrected chi connectivity index (χ4v) is 5.43. The van der Waals surface area contributed by atoms with Gasteiger partial charge in [-0.25, -0.2) is 0 Å². The van der Waals surface area contributed by atoms with E-state index in [2.05, 4.69) is 38.1 Å². The van der Waals surface area contributed by atoms with Crippen molar-refractivity contribution >= 4 is 0 Å². The molecule has 0 radical (unpaired) electrons. The summed E-state index contributed by atoms with van der Waals surface area (Å²) in [6.07, 6.45) is 17.9. The molecule has 0 spiro atoms. The Kier molecular flexibility index (Phi) is 9.70. The van der Waals surface area contributed by atoms with Gasteiger partial charge in [-0.1, -0.05) is 71.6 Å². The minimum absolute atomic E-state index is 0.742. The van der Waals surface area contributed by atoms with Crippen LogP contribution in [-0.2, 0) is 0 Å². The van der Waals surface area contributed by atoms with Crippen molar-refractivity contribution in [2.24, 2.45) is 23.7 Å². The highest BCUT2D eigenvalue weighted by Crippen LogP contribution is 2.33. The zero-order valence-electron chi connectivity index (χ0n) is 19.0. The van der Waals surface area contributed by atoms with Crippen LogP contribution in [0.4, 0.5) is 0 Å². The molecule has 1 aromatic rings. The van der Waals surface area contributed by atoms with Gasteiger partial charge in [0.25, 0.3) is 0 Å². The fourth-order valence-electron chi connectivity index (χ4n) is 5.43. The van der Waals surface area contributed by atoms with Crippen molar-refractivity contribution in [1.29, 1.82) is 0 Å². The monoisotopic (exact) mass is 400 g/mol. The van der Waals surface area contributed by atoms with Crippen LogP contribution in [0.25, 0.3) is 0 Å². The third-order valence-electron chi connectivity index (χ3n) is 7.54. The first-order valence-electron chi connectivity index (χ1n) is 12.6. The van der Waals surface area contributed by atoms with E-state index in [4.69, 9.17) is 9.47 Å². The Bertz CT molecular complexity index is 536. The molecule has 0 heterocycles. The number of rotatable bonds is 11. The molecule has 0 bridgehead atoms. The summed E-state index contributed by atoms with van der Waals surface area (Å²) in [6, 6.07) is 8.29. The lowest BCUT2D eigenvalue weighted by atomic mass is 9.79. The van der Waals surface area contributed by atoms with Gasteiger partial charge in [0.05, 0.1) is 13.2 Å². The lowest BCUT2D eigenvalue weighted by Crippen LogP contribution is -2.20. The lowest BCUT2D eigenvalue weighted by molar-refractivity contribution is 0.178. The molecule has 0 aromatic heterocycles. The van der Waals surface area contributed by atoms with E-state index in [1.807, 2.05) is 0 Å². The summed E-state index contributed by atoms with van der Waals surface area (Å²) < 4.78 is 12.0. The van der Waals surface area contributed by atoms with E-state index >= 15 is 0 Å². The van der Waals surface area contributed by atoms with Gasteiger partial charge in [-0.2, -0.15) is 0 Å². The highest BCUT2D eigenvalue weighted by atomic mass is 16.5. The summed E-state index contributed by atoms with van der Waals surface area (Å²) in [7, 11) is 0. The molecule has 29 heavy (non-hydrogen) atoms. The molecular formula is C27H44O2. The third kappa shape index (κ3) is 7.87. The predicted octanol–water partition coefficient (Wildman–Crippen LogP) is 8.05. The number of ether oxygens (including phenoxy) is 2. The Morgan fingerprint density at radius 3 is 1.76 bits per heavy atom. The topological polar surface area (TPSA) is 18.5 Å². The first kappa shape index (κ1) is 22.5. The van der Waals surface area contributed by atoms with Gasteiger partial charge in [0, 0.05) is 0 Å². The van der Waals surface area contributed by atoms with Crippen molar-refractivity contribution in [3.05, 3.63) is 24.3 Å². The van der Waals surface area contributed by atoms with E-state index in [0.717, 1.165) is 48.4 Å². The molecule has 3 rings (SSSR count). The van der Waals surface area contributed by atoms with Crippen molar-refractivity contribution in [3.63, 3.8) is 0 Å². The molecule has 2 fully saturated rings. The first-order valence-corrected chi connectivity index (χ1v) is 12.6. The second-order valence-corrected chi connectivity index (χ2v) is 9.74. The fraction of sp³-hybridized carbons (Fsp3) is 0.778. The van der Waals surface area contributed by atoms with Gasteiger partial charge in [0.1, 0.15) is 11.5 Å². The van der Waals surface area contributed by atoms with Crippen molar-refractivity contribution in [3.8, 4) is 11.5 Å². The summed E-state index contributed by atoms with van der Waals surface area (Å²) in [6.45, 7) is 6.36. The largest absolute Gasteiger partial charge is 0.494 e. The van der Waals surface area contributed by atoms with Crippen LogP contribution in [0.2, 0.25) is 0 Å². The second-order valence-electron chi connectivity index (χ2n) is 9.74. The lowest BCUT2D eigenvalue weighted by Gasteiger charge is -2.28. The maximum atomic E-state index is 6.06. The number of hydrogen-bond acceptors (Lipinski definition) is 2. The zero-order valence-corrected chi connectivity index (χ0v) is 19.0. The molecule has 2 saturated carbocycles. The van der Waals surface area contributed by atoms with Crippen molar-refractivity contribution in [2.75, 3.05) is 13.2 Å². The summed E-state index contributed by atoms with van der Waals surface area (Å²) >= 11 is 0. The molecule has 2 aliphatic carbocycles. The van der Waals surface area contributed by atoms with E-state index in [1.54, 1.807) is 0 Å². The van der Waals surface area contributed by atoms with Gasteiger partial charge in [-0.3, -0.25) is 0 Å². The molecule has 2 aliphatic rings. The van der Waals surface area contributed by atoms with Crippen LogP contribution in [0.5, 0.6) is 11.5 Å².